The third kappa shape index (κ3) is 3.90. The molecule has 1 N–H and O–H groups in total. The Labute approximate surface area is 158 Å². The van der Waals surface area contributed by atoms with Crippen LogP contribution in [0, 0.1) is 6.92 Å². The fraction of sp³-hybridized carbons (Fsp3) is 0.286. The number of nitrogens with one attached hydrogen (secondary N) is 1. The van der Waals surface area contributed by atoms with Gasteiger partial charge in [-0.2, -0.15) is 0 Å². The molecule has 0 spiro atoms. The van der Waals surface area contributed by atoms with Gasteiger partial charge in [0.1, 0.15) is 6.54 Å². The predicted molar refractivity (Wildman–Crippen MR) is 101 cm³/mol. The number of benzene rings is 2. The van der Waals surface area contributed by atoms with Gasteiger partial charge >= 0.3 is 0 Å². The van der Waals surface area contributed by atoms with Gasteiger partial charge in [-0.15, -0.1) is 10.2 Å². The van der Waals surface area contributed by atoms with Crippen LogP contribution in [0.2, 0.25) is 0 Å². The van der Waals surface area contributed by atoms with Crippen molar-refractivity contribution in [2.75, 3.05) is 26.2 Å². The Kier molecular flexibility index (Phi) is 4.98. The molecule has 6 nitrogen and oxygen atoms in total. The largest absolute Gasteiger partial charge is 0.423 e. The van der Waals surface area contributed by atoms with Crippen molar-refractivity contribution < 1.29 is 14.1 Å². The summed E-state index contributed by atoms with van der Waals surface area (Å²) >= 11 is 0. The summed E-state index contributed by atoms with van der Waals surface area (Å²) in [5, 5.41) is 7.56. The minimum Gasteiger partial charge on any atom is -0.423 e. The third-order valence-corrected chi connectivity index (χ3v) is 5.20. The molecule has 4 rings (SSSR count). The number of rotatable bonds is 4. The number of carbonyl (C=O) groups is 1. The lowest BCUT2D eigenvalue weighted by atomic mass is 10.1. The summed E-state index contributed by atoms with van der Waals surface area (Å²) in [7, 11) is 0. The second-order valence-electron chi connectivity index (χ2n) is 6.97. The van der Waals surface area contributed by atoms with Crippen LogP contribution < -0.4 is 4.90 Å². The summed E-state index contributed by atoms with van der Waals surface area (Å²) in [5.74, 6) is 0.546. The van der Waals surface area contributed by atoms with Crippen molar-refractivity contribution in [3.63, 3.8) is 0 Å². The summed E-state index contributed by atoms with van der Waals surface area (Å²) in [6.45, 7) is 6.69. The quantitative estimate of drug-likeness (QED) is 0.765. The first-order valence-electron chi connectivity index (χ1n) is 9.24. The molecule has 0 unspecified atom stereocenters. The highest BCUT2D eigenvalue weighted by Gasteiger charge is 2.25. The van der Waals surface area contributed by atoms with Crippen molar-refractivity contribution in [1.82, 2.24) is 15.1 Å². The molecule has 0 atom stereocenters. The number of carbonyl (C=O) groups excluding carboxylic acids is 1. The Morgan fingerprint density at radius 1 is 1.11 bits per heavy atom. The van der Waals surface area contributed by atoms with Gasteiger partial charge in [0.2, 0.25) is 12.3 Å². The summed E-state index contributed by atoms with van der Waals surface area (Å²) in [5.41, 5.74) is 4.24. The number of piperazine rings is 1. The number of aromatic nitrogens is 2. The van der Waals surface area contributed by atoms with Crippen LogP contribution in [-0.2, 0) is 6.54 Å². The van der Waals surface area contributed by atoms with Crippen molar-refractivity contribution >= 4 is 5.91 Å². The van der Waals surface area contributed by atoms with Crippen LogP contribution in [0.15, 0.2) is 59.3 Å². The van der Waals surface area contributed by atoms with Gasteiger partial charge in [-0.1, -0.05) is 24.3 Å². The first-order chi connectivity index (χ1) is 13.2. The standard InChI is InChI=1S/C21H22N4O2/c1-16-4-2-3-5-19(16)14-24-10-12-25(13-11-24)21(26)18-8-6-17(7-9-18)20-23-22-15-27-20/h2-9,15H,10-14H2,1H3/p+1. The minimum atomic E-state index is 0.0852. The maximum atomic E-state index is 12.8. The van der Waals surface area contributed by atoms with Gasteiger partial charge in [0.05, 0.1) is 26.2 Å². The highest BCUT2D eigenvalue weighted by Crippen LogP contribution is 2.17. The predicted octanol–water partition coefficient (Wildman–Crippen LogP) is 1.59. The Hall–Kier alpha value is -2.99. The number of hydrogen-bond acceptors (Lipinski definition) is 4. The number of amides is 1. The Balaban J connectivity index is 1.35. The molecule has 6 heteroatoms. The van der Waals surface area contributed by atoms with E-state index >= 15 is 0 Å². The van der Waals surface area contributed by atoms with Crippen LogP contribution in [-0.4, -0.2) is 47.2 Å². The van der Waals surface area contributed by atoms with Crippen molar-refractivity contribution in [3.8, 4) is 11.5 Å². The molecule has 0 radical (unpaired) electrons. The second kappa shape index (κ2) is 7.72. The van der Waals surface area contributed by atoms with Crippen molar-refractivity contribution in [3.05, 3.63) is 71.6 Å². The van der Waals surface area contributed by atoms with Crippen molar-refractivity contribution in [2.24, 2.45) is 0 Å². The maximum absolute atomic E-state index is 12.8. The van der Waals surface area contributed by atoms with Crippen LogP contribution in [0.1, 0.15) is 21.5 Å². The van der Waals surface area contributed by atoms with Crippen LogP contribution in [0.25, 0.3) is 11.5 Å². The third-order valence-electron chi connectivity index (χ3n) is 5.20. The van der Waals surface area contributed by atoms with E-state index in [1.807, 2.05) is 29.2 Å². The van der Waals surface area contributed by atoms with Gasteiger partial charge in [-0.3, -0.25) is 4.79 Å². The van der Waals surface area contributed by atoms with Gasteiger partial charge in [0.25, 0.3) is 5.91 Å². The minimum absolute atomic E-state index is 0.0852. The van der Waals surface area contributed by atoms with E-state index in [-0.39, 0.29) is 5.91 Å². The lowest BCUT2D eigenvalue weighted by Crippen LogP contribution is -3.13. The first-order valence-corrected chi connectivity index (χ1v) is 9.24. The number of aryl methyl sites for hydroxylation is 1. The molecule has 1 aliphatic rings. The number of nitrogens with zero attached hydrogens (tertiary/aromatic N) is 3. The summed E-state index contributed by atoms with van der Waals surface area (Å²) in [6.07, 6.45) is 1.30. The molecular weight excluding hydrogens is 340 g/mol. The molecule has 0 saturated carbocycles. The van der Waals surface area contributed by atoms with E-state index < -0.39 is 0 Å². The summed E-state index contributed by atoms with van der Waals surface area (Å²) in [4.78, 5) is 16.3. The van der Waals surface area contributed by atoms with E-state index in [0.717, 1.165) is 38.3 Å². The van der Waals surface area contributed by atoms with Gasteiger partial charge in [-0.25, -0.2) is 0 Å². The Morgan fingerprint density at radius 3 is 2.52 bits per heavy atom. The van der Waals surface area contributed by atoms with Gasteiger partial charge in [0, 0.05) is 16.7 Å². The van der Waals surface area contributed by atoms with E-state index in [2.05, 4.69) is 41.4 Å². The highest BCUT2D eigenvalue weighted by molar-refractivity contribution is 5.94. The van der Waals surface area contributed by atoms with Gasteiger partial charge in [0.15, 0.2) is 0 Å². The van der Waals surface area contributed by atoms with Gasteiger partial charge < -0.3 is 14.2 Å². The van der Waals surface area contributed by atoms with E-state index in [4.69, 9.17) is 4.42 Å². The highest BCUT2D eigenvalue weighted by atomic mass is 16.4. The molecular formula is C21H23N4O2+. The summed E-state index contributed by atoms with van der Waals surface area (Å²) < 4.78 is 5.18. The SMILES string of the molecule is Cc1ccccc1C[NH+]1CCN(C(=O)c2ccc(-c3nnco3)cc2)CC1. The van der Waals surface area contributed by atoms with E-state index in [1.165, 1.54) is 22.4 Å². The molecule has 0 bridgehead atoms. The smallest absolute Gasteiger partial charge is 0.254 e. The molecule has 1 saturated heterocycles. The topological polar surface area (TPSA) is 63.7 Å². The molecule has 1 amide bonds. The average Bonchev–Trinajstić information content (AvgIpc) is 3.25. The first kappa shape index (κ1) is 17.4. The lowest BCUT2D eigenvalue weighted by Gasteiger charge is -2.32. The fourth-order valence-electron chi connectivity index (χ4n) is 3.52. The molecule has 2 heterocycles. The lowest BCUT2D eigenvalue weighted by molar-refractivity contribution is -0.917. The molecule has 1 aliphatic heterocycles. The fourth-order valence-corrected chi connectivity index (χ4v) is 3.52. The van der Waals surface area contributed by atoms with Crippen molar-refractivity contribution in [1.29, 1.82) is 0 Å². The molecule has 2 aromatic carbocycles. The van der Waals surface area contributed by atoms with Crippen LogP contribution in [0.3, 0.4) is 0 Å². The zero-order valence-corrected chi connectivity index (χ0v) is 15.4. The van der Waals surface area contributed by atoms with Crippen LogP contribution >= 0.6 is 0 Å². The van der Waals surface area contributed by atoms with E-state index in [1.54, 1.807) is 0 Å². The van der Waals surface area contributed by atoms with Crippen molar-refractivity contribution in [2.45, 2.75) is 13.5 Å². The zero-order valence-electron chi connectivity index (χ0n) is 15.4. The number of hydrogen-bond donors (Lipinski definition) is 1. The van der Waals surface area contributed by atoms with E-state index in [0.29, 0.717) is 11.5 Å². The molecule has 138 valence electrons. The molecule has 0 aliphatic carbocycles. The maximum Gasteiger partial charge on any atom is 0.254 e. The second-order valence-corrected chi connectivity index (χ2v) is 6.97. The van der Waals surface area contributed by atoms with Crippen LogP contribution in [0.4, 0.5) is 0 Å². The van der Waals surface area contributed by atoms with E-state index in [9.17, 15) is 4.79 Å². The molecule has 1 aromatic heterocycles. The molecule has 1 fully saturated rings. The Morgan fingerprint density at radius 2 is 1.85 bits per heavy atom. The molecule has 27 heavy (non-hydrogen) atoms. The zero-order chi connectivity index (χ0) is 18.6. The van der Waals surface area contributed by atoms with Crippen LogP contribution in [0.5, 0.6) is 0 Å². The number of quaternary nitrogens is 1. The molecule has 3 aromatic rings. The monoisotopic (exact) mass is 363 g/mol. The summed E-state index contributed by atoms with van der Waals surface area (Å²) in [6, 6.07) is 15.9. The van der Waals surface area contributed by atoms with Gasteiger partial charge in [-0.05, 0) is 36.8 Å². The Bertz CT molecular complexity index is 898. The normalized spacial score (nSPS) is 15.1. The average molecular weight is 363 g/mol.